The van der Waals surface area contributed by atoms with Gasteiger partial charge >= 0.3 is 6.16 Å². The highest BCUT2D eigenvalue weighted by molar-refractivity contribution is 5.56. The largest absolute Gasteiger partial charge is 0.505 e. The second-order valence-corrected chi connectivity index (χ2v) is 4.51. The van der Waals surface area contributed by atoms with E-state index < -0.39 is 6.16 Å². The molecule has 0 spiro atoms. The maximum Gasteiger partial charge on any atom is 0.505 e. The number of hydrogen-bond acceptors (Lipinski definition) is 2. The quantitative estimate of drug-likeness (QED) is 0.674. The third kappa shape index (κ3) is 2.90. The van der Waals surface area contributed by atoms with E-state index in [1.54, 1.807) is 0 Å². The Balaban J connectivity index is 2.41. The van der Waals surface area contributed by atoms with Gasteiger partial charge in [0, 0.05) is 0 Å². The molecule has 3 nitrogen and oxygen atoms in total. The summed E-state index contributed by atoms with van der Waals surface area (Å²) < 4.78 is 4.63. The lowest BCUT2D eigenvalue weighted by molar-refractivity contribution is 0.0305. The standard InChI is InChI=1S/C10H18O3/c1-10(2)6-4-3-5-8(10)7-13-9(11)12/h8H,3-7H2,1-2H3,(H,11,12). The molecule has 0 saturated heterocycles. The molecule has 0 bridgehead atoms. The fourth-order valence-corrected chi connectivity index (χ4v) is 2.05. The topological polar surface area (TPSA) is 46.5 Å². The molecule has 13 heavy (non-hydrogen) atoms. The summed E-state index contributed by atoms with van der Waals surface area (Å²) in [6.07, 6.45) is 3.59. The van der Waals surface area contributed by atoms with Crippen LogP contribution in [0.4, 0.5) is 4.79 Å². The number of ether oxygens (including phenoxy) is 1. The van der Waals surface area contributed by atoms with E-state index in [1.165, 1.54) is 19.3 Å². The van der Waals surface area contributed by atoms with Crippen LogP contribution in [0.15, 0.2) is 0 Å². The van der Waals surface area contributed by atoms with Crippen LogP contribution in [0, 0.1) is 11.3 Å². The van der Waals surface area contributed by atoms with Crippen molar-refractivity contribution in [3.63, 3.8) is 0 Å². The Kier molecular flexibility index (Phi) is 3.17. The highest BCUT2D eigenvalue weighted by Gasteiger charge is 2.32. The highest BCUT2D eigenvalue weighted by atomic mass is 16.7. The molecule has 1 N–H and O–H groups in total. The Morgan fingerprint density at radius 2 is 2.23 bits per heavy atom. The van der Waals surface area contributed by atoms with Gasteiger partial charge in [0.1, 0.15) is 0 Å². The van der Waals surface area contributed by atoms with Gasteiger partial charge in [0.25, 0.3) is 0 Å². The van der Waals surface area contributed by atoms with E-state index in [0.717, 1.165) is 6.42 Å². The molecule has 1 unspecified atom stereocenters. The molecular weight excluding hydrogens is 168 g/mol. The zero-order chi connectivity index (χ0) is 9.90. The van der Waals surface area contributed by atoms with Gasteiger partial charge in [0.05, 0.1) is 6.61 Å². The van der Waals surface area contributed by atoms with Gasteiger partial charge in [-0.15, -0.1) is 0 Å². The zero-order valence-electron chi connectivity index (χ0n) is 8.38. The van der Waals surface area contributed by atoms with Crippen molar-refractivity contribution in [2.24, 2.45) is 11.3 Å². The SMILES string of the molecule is CC1(C)CCCCC1COC(=O)O. The lowest BCUT2D eigenvalue weighted by atomic mass is 9.69. The molecule has 76 valence electrons. The summed E-state index contributed by atoms with van der Waals surface area (Å²) in [6, 6.07) is 0. The minimum Gasteiger partial charge on any atom is -0.450 e. The normalized spacial score (nSPS) is 26.8. The molecule has 0 aliphatic heterocycles. The molecule has 0 aromatic rings. The molecule has 0 amide bonds. The Morgan fingerprint density at radius 3 is 2.77 bits per heavy atom. The number of hydrogen-bond donors (Lipinski definition) is 1. The lowest BCUT2D eigenvalue weighted by Gasteiger charge is -2.37. The predicted molar refractivity (Wildman–Crippen MR) is 49.7 cm³/mol. The van der Waals surface area contributed by atoms with Crippen molar-refractivity contribution < 1.29 is 14.6 Å². The van der Waals surface area contributed by atoms with Gasteiger partial charge in [0.2, 0.25) is 0 Å². The summed E-state index contributed by atoms with van der Waals surface area (Å²) >= 11 is 0. The van der Waals surface area contributed by atoms with Crippen LogP contribution in [-0.2, 0) is 4.74 Å². The number of carboxylic acid groups (broad SMARTS) is 1. The first-order valence-electron chi connectivity index (χ1n) is 4.88. The van der Waals surface area contributed by atoms with E-state index in [4.69, 9.17) is 5.11 Å². The molecule has 0 aromatic carbocycles. The van der Waals surface area contributed by atoms with Gasteiger partial charge in [-0.25, -0.2) is 4.79 Å². The average Bonchev–Trinajstić information content (AvgIpc) is 2.01. The molecule has 1 rings (SSSR count). The van der Waals surface area contributed by atoms with Gasteiger partial charge in [-0.3, -0.25) is 0 Å². The third-order valence-corrected chi connectivity index (χ3v) is 3.14. The Morgan fingerprint density at radius 1 is 1.54 bits per heavy atom. The fourth-order valence-electron chi connectivity index (χ4n) is 2.05. The first-order valence-corrected chi connectivity index (χ1v) is 4.88. The van der Waals surface area contributed by atoms with Gasteiger partial charge in [-0.05, 0) is 24.2 Å². The summed E-state index contributed by atoms with van der Waals surface area (Å²) in [5.74, 6) is 0.400. The van der Waals surface area contributed by atoms with Crippen molar-refractivity contribution in [2.75, 3.05) is 6.61 Å². The highest BCUT2D eigenvalue weighted by Crippen LogP contribution is 2.40. The van der Waals surface area contributed by atoms with Crippen LogP contribution in [0.2, 0.25) is 0 Å². The third-order valence-electron chi connectivity index (χ3n) is 3.14. The summed E-state index contributed by atoms with van der Waals surface area (Å²) in [4.78, 5) is 10.2. The monoisotopic (exact) mass is 186 g/mol. The summed E-state index contributed by atoms with van der Waals surface area (Å²) in [6.45, 7) is 4.76. The van der Waals surface area contributed by atoms with E-state index >= 15 is 0 Å². The van der Waals surface area contributed by atoms with Crippen LogP contribution in [0.5, 0.6) is 0 Å². The molecule has 1 saturated carbocycles. The van der Waals surface area contributed by atoms with E-state index in [9.17, 15) is 4.79 Å². The van der Waals surface area contributed by atoms with Crippen molar-refractivity contribution in [1.29, 1.82) is 0 Å². The first kappa shape index (κ1) is 10.4. The Labute approximate surface area is 79.1 Å². The predicted octanol–water partition coefficient (Wildman–Crippen LogP) is 2.90. The van der Waals surface area contributed by atoms with Crippen LogP contribution < -0.4 is 0 Å². The molecule has 3 heteroatoms. The minimum absolute atomic E-state index is 0.244. The summed E-state index contributed by atoms with van der Waals surface area (Å²) in [5, 5.41) is 8.39. The maximum absolute atomic E-state index is 10.2. The van der Waals surface area contributed by atoms with Crippen LogP contribution >= 0.6 is 0 Å². The van der Waals surface area contributed by atoms with E-state index in [2.05, 4.69) is 18.6 Å². The molecular formula is C10H18O3. The first-order chi connectivity index (χ1) is 6.02. The number of carbonyl (C=O) groups is 1. The van der Waals surface area contributed by atoms with Crippen molar-refractivity contribution >= 4 is 6.16 Å². The molecule has 1 fully saturated rings. The van der Waals surface area contributed by atoms with Crippen molar-refractivity contribution in [1.82, 2.24) is 0 Å². The van der Waals surface area contributed by atoms with E-state index in [1.807, 2.05) is 0 Å². The van der Waals surface area contributed by atoms with Crippen molar-refractivity contribution in [3.05, 3.63) is 0 Å². The van der Waals surface area contributed by atoms with Crippen LogP contribution in [0.1, 0.15) is 39.5 Å². The van der Waals surface area contributed by atoms with Crippen LogP contribution in [0.25, 0.3) is 0 Å². The van der Waals surface area contributed by atoms with Gasteiger partial charge in [-0.2, -0.15) is 0 Å². The molecule has 0 aromatic heterocycles. The van der Waals surface area contributed by atoms with Gasteiger partial charge in [-0.1, -0.05) is 26.7 Å². The second-order valence-electron chi connectivity index (χ2n) is 4.51. The molecule has 1 aliphatic carbocycles. The van der Waals surface area contributed by atoms with Crippen molar-refractivity contribution in [2.45, 2.75) is 39.5 Å². The Hall–Kier alpha value is -0.730. The molecule has 1 atom stereocenters. The molecule has 0 radical (unpaired) electrons. The second kappa shape index (κ2) is 3.99. The number of rotatable bonds is 2. The fraction of sp³-hybridized carbons (Fsp3) is 0.900. The van der Waals surface area contributed by atoms with Crippen molar-refractivity contribution in [3.8, 4) is 0 Å². The maximum atomic E-state index is 10.2. The van der Waals surface area contributed by atoms with E-state index in [0.29, 0.717) is 12.5 Å². The summed E-state index contributed by atoms with van der Waals surface area (Å²) in [5.41, 5.74) is 0.244. The van der Waals surface area contributed by atoms with E-state index in [-0.39, 0.29) is 5.41 Å². The van der Waals surface area contributed by atoms with Crippen LogP contribution in [-0.4, -0.2) is 17.9 Å². The average molecular weight is 186 g/mol. The smallest absolute Gasteiger partial charge is 0.450 e. The van der Waals surface area contributed by atoms with Gasteiger partial charge in [0.15, 0.2) is 0 Å². The minimum atomic E-state index is -1.15. The van der Waals surface area contributed by atoms with Crippen LogP contribution in [0.3, 0.4) is 0 Å². The zero-order valence-corrected chi connectivity index (χ0v) is 8.38. The van der Waals surface area contributed by atoms with Gasteiger partial charge < -0.3 is 9.84 Å². The molecule has 1 aliphatic rings. The lowest BCUT2D eigenvalue weighted by Crippen LogP contribution is -2.31. The molecule has 0 heterocycles. The Bertz CT molecular complexity index is 187. The summed E-state index contributed by atoms with van der Waals surface area (Å²) in [7, 11) is 0.